The van der Waals surface area contributed by atoms with Gasteiger partial charge in [0.05, 0.1) is 0 Å². The van der Waals surface area contributed by atoms with Gasteiger partial charge in [-0.05, 0) is 23.6 Å². The highest BCUT2D eigenvalue weighted by Gasteiger charge is 2.24. The minimum Gasteiger partial charge on any atom is -0.454 e. The standard InChI is InChI=1S/C23H27N3O5/c1-16(2)14-24-23(30)26-20(27)15-31-22(29)19(13-17-9-5-3-6-10-17)25-21(28)18-11-7-4-8-12-18/h3-12,16,19H,13-15H2,1-2H3,(H,25,28)(H2,24,26,27,30)/t19-/m1/s1. The average molecular weight is 425 g/mol. The lowest BCUT2D eigenvalue weighted by Crippen LogP contribution is -2.46. The van der Waals surface area contributed by atoms with E-state index in [2.05, 4.69) is 16.0 Å². The van der Waals surface area contributed by atoms with E-state index in [1.807, 2.05) is 44.2 Å². The Morgan fingerprint density at radius 2 is 1.52 bits per heavy atom. The van der Waals surface area contributed by atoms with E-state index in [1.165, 1.54) is 0 Å². The van der Waals surface area contributed by atoms with Gasteiger partial charge in [0.25, 0.3) is 11.8 Å². The van der Waals surface area contributed by atoms with Gasteiger partial charge in [-0.1, -0.05) is 62.4 Å². The fraction of sp³-hybridized carbons (Fsp3) is 0.304. The summed E-state index contributed by atoms with van der Waals surface area (Å²) in [6, 6.07) is 15.9. The minimum absolute atomic E-state index is 0.189. The van der Waals surface area contributed by atoms with E-state index in [0.717, 1.165) is 5.56 Å². The largest absolute Gasteiger partial charge is 0.454 e. The third kappa shape index (κ3) is 8.69. The Labute approximate surface area is 181 Å². The van der Waals surface area contributed by atoms with Crippen LogP contribution < -0.4 is 16.0 Å². The number of urea groups is 1. The van der Waals surface area contributed by atoms with Crippen molar-refractivity contribution < 1.29 is 23.9 Å². The molecule has 0 aliphatic rings. The maximum Gasteiger partial charge on any atom is 0.329 e. The van der Waals surface area contributed by atoms with Gasteiger partial charge >= 0.3 is 12.0 Å². The lowest BCUT2D eigenvalue weighted by molar-refractivity contribution is -0.150. The second-order valence-electron chi connectivity index (χ2n) is 7.34. The SMILES string of the molecule is CC(C)CNC(=O)NC(=O)COC(=O)[C@@H](Cc1ccccc1)NC(=O)c1ccccc1. The molecule has 31 heavy (non-hydrogen) atoms. The van der Waals surface area contributed by atoms with Crippen LogP contribution >= 0.6 is 0 Å². The van der Waals surface area contributed by atoms with Gasteiger partial charge in [-0.25, -0.2) is 9.59 Å². The first-order chi connectivity index (χ1) is 14.8. The van der Waals surface area contributed by atoms with Gasteiger partial charge < -0.3 is 15.4 Å². The number of hydrogen-bond donors (Lipinski definition) is 3. The van der Waals surface area contributed by atoms with Gasteiger partial charge in [-0.15, -0.1) is 0 Å². The van der Waals surface area contributed by atoms with Crippen molar-refractivity contribution in [2.75, 3.05) is 13.2 Å². The predicted octanol–water partition coefficient (Wildman–Crippen LogP) is 2.05. The van der Waals surface area contributed by atoms with E-state index >= 15 is 0 Å². The molecule has 0 saturated carbocycles. The highest BCUT2D eigenvalue weighted by atomic mass is 16.5. The van der Waals surface area contributed by atoms with E-state index in [-0.39, 0.29) is 12.3 Å². The number of esters is 1. The Bertz CT molecular complexity index is 885. The van der Waals surface area contributed by atoms with Crippen LogP contribution in [0.5, 0.6) is 0 Å². The summed E-state index contributed by atoms with van der Waals surface area (Å²) in [6.45, 7) is 3.60. The third-order valence-electron chi connectivity index (χ3n) is 4.18. The van der Waals surface area contributed by atoms with Crippen LogP contribution in [0.25, 0.3) is 0 Å². The number of carbonyl (C=O) groups is 4. The van der Waals surface area contributed by atoms with E-state index in [4.69, 9.17) is 4.74 Å². The zero-order valence-corrected chi connectivity index (χ0v) is 17.6. The molecule has 0 aliphatic heterocycles. The van der Waals surface area contributed by atoms with Crippen molar-refractivity contribution >= 4 is 23.8 Å². The van der Waals surface area contributed by atoms with E-state index in [1.54, 1.807) is 30.3 Å². The fourth-order valence-electron chi connectivity index (χ4n) is 2.62. The highest BCUT2D eigenvalue weighted by Crippen LogP contribution is 2.07. The van der Waals surface area contributed by atoms with Crippen molar-refractivity contribution in [1.29, 1.82) is 0 Å². The summed E-state index contributed by atoms with van der Waals surface area (Å²) < 4.78 is 5.06. The quantitative estimate of drug-likeness (QED) is 0.532. The second kappa shape index (κ2) is 12.1. The first-order valence-corrected chi connectivity index (χ1v) is 9.99. The smallest absolute Gasteiger partial charge is 0.329 e. The molecule has 2 aromatic rings. The van der Waals surface area contributed by atoms with Crippen molar-refractivity contribution in [3.63, 3.8) is 0 Å². The molecule has 1 atom stereocenters. The van der Waals surface area contributed by atoms with Crippen LogP contribution in [0.15, 0.2) is 60.7 Å². The zero-order valence-electron chi connectivity index (χ0n) is 17.6. The van der Waals surface area contributed by atoms with Crippen LogP contribution in [0.2, 0.25) is 0 Å². The van der Waals surface area contributed by atoms with Crippen molar-refractivity contribution in [2.45, 2.75) is 26.3 Å². The number of carbonyl (C=O) groups excluding carboxylic acids is 4. The molecule has 0 bridgehead atoms. The molecular formula is C23H27N3O5. The molecule has 0 fully saturated rings. The molecule has 2 rings (SSSR count). The number of imide groups is 1. The van der Waals surface area contributed by atoms with Crippen LogP contribution in [0, 0.1) is 5.92 Å². The molecule has 0 saturated heterocycles. The molecule has 0 spiro atoms. The third-order valence-corrected chi connectivity index (χ3v) is 4.18. The van der Waals surface area contributed by atoms with Crippen LogP contribution in [0.3, 0.4) is 0 Å². The predicted molar refractivity (Wildman–Crippen MR) is 115 cm³/mol. The summed E-state index contributed by atoms with van der Waals surface area (Å²) in [5.41, 5.74) is 1.21. The number of rotatable bonds is 9. The fourth-order valence-corrected chi connectivity index (χ4v) is 2.62. The van der Waals surface area contributed by atoms with Gasteiger partial charge in [0.15, 0.2) is 6.61 Å². The van der Waals surface area contributed by atoms with E-state index in [0.29, 0.717) is 12.1 Å². The first kappa shape index (κ1) is 23.6. The van der Waals surface area contributed by atoms with Crippen molar-refractivity contribution in [1.82, 2.24) is 16.0 Å². The maximum atomic E-state index is 12.6. The van der Waals surface area contributed by atoms with Crippen LogP contribution in [0.4, 0.5) is 4.79 Å². The molecule has 0 radical (unpaired) electrons. The molecular weight excluding hydrogens is 398 g/mol. The average Bonchev–Trinajstić information content (AvgIpc) is 2.77. The molecule has 4 amide bonds. The Morgan fingerprint density at radius 3 is 2.13 bits per heavy atom. The summed E-state index contributed by atoms with van der Waals surface area (Å²) in [5.74, 6) is -1.74. The molecule has 2 aromatic carbocycles. The Hall–Kier alpha value is -3.68. The van der Waals surface area contributed by atoms with Crippen LogP contribution in [-0.2, 0) is 20.7 Å². The van der Waals surface area contributed by atoms with Crippen LogP contribution in [-0.4, -0.2) is 43.0 Å². The Balaban J connectivity index is 1.96. The lowest BCUT2D eigenvalue weighted by Gasteiger charge is -2.18. The molecule has 0 unspecified atom stereocenters. The highest BCUT2D eigenvalue weighted by molar-refractivity contribution is 5.98. The summed E-state index contributed by atoms with van der Waals surface area (Å²) in [7, 11) is 0. The topological polar surface area (TPSA) is 114 Å². The number of ether oxygens (including phenoxy) is 1. The van der Waals surface area contributed by atoms with E-state index < -0.39 is 36.5 Å². The minimum atomic E-state index is -1.00. The molecule has 8 heteroatoms. The molecule has 164 valence electrons. The van der Waals surface area contributed by atoms with Crippen LogP contribution in [0.1, 0.15) is 29.8 Å². The van der Waals surface area contributed by atoms with Gasteiger partial charge in [-0.2, -0.15) is 0 Å². The summed E-state index contributed by atoms with van der Waals surface area (Å²) in [5, 5.41) is 7.28. The van der Waals surface area contributed by atoms with E-state index in [9.17, 15) is 19.2 Å². The molecule has 3 N–H and O–H groups in total. The summed E-state index contributed by atoms with van der Waals surface area (Å²) in [4.78, 5) is 48.6. The number of hydrogen-bond acceptors (Lipinski definition) is 5. The van der Waals surface area contributed by atoms with Gasteiger partial charge in [0.2, 0.25) is 0 Å². The normalized spacial score (nSPS) is 11.3. The lowest BCUT2D eigenvalue weighted by atomic mass is 10.1. The van der Waals surface area contributed by atoms with Crippen molar-refractivity contribution in [3.8, 4) is 0 Å². The van der Waals surface area contributed by atoms with Crippen molar-refractivity contribution in [2.24, 2.45) is 5.92 Å². The molecule has 0 aromatic heterocycles. The molecule has 8 nitrogen and oxygen atoms in total. The zero-order chi connectivity index (χ0) is 22.6. The summed E-state index contributed by atoms with van der Waals surface area (Å²) in [6.07, 6.45) is 0.189. The number of amides is 4. The first-order valence-electron chi connectivity index (χ1n) is 9.99. The Morgan fingerprint density at radius 1 is 0.903 bits per heavy atom. The molecule has 0 heterocycles. The maximum absolute atomic E-state index is 12.6. The van der Waals surface area contributed by atoms with Gasteiger partial charge in [0, 0.05) is 18.5 Å². The van der Waals surface area contributed by atoms with Gasteiger partial charge in [-0.3, -0.25) is 14.9 Å². The number of nitrogens with one attached hydrogen (secondary N) is 3. The monoisotopic (exact) mass is 425 g/mol. The second-order valence-corrected chi connectivity index (χ2v) is 7.34. The Kier molecular flexibility index (Phi) is 9.22. The molecule has 0 aliphatic carbocycles. The van der Waals surface area contributed by atoms with Crippen molar-refractivity contribution in [3.05, 3.63) is 71.8 Å². The number of benzene rings is 2. The summed E-state index contributed by atoms with van der Waals surface area (Å²) >= 11 is 0. The van der Waals surface area contributed by atoms with Gasteiger partial charge in [0.1, 0.15) is 6.04 Å².